The summed E-state index contributed by atoms with van der Waals surface area (Å²) < 4.78 is 76.0. The molecule has 3 aromatic heterocycles. The third-order valence-corrected chi connectivity index (χ3v) is 5.62. The van der Waals surface area contributed by atoms with Gasteiger partial charge in [-0.2, -0.15) is 18.3 Å². The number of amides is 1. The van der Waals surface area contributed by atoms with Gasteiger partial charge in [0.05, 0.1) is 42.8 Å². The number of carbonyl (C=O) groups is 1. The number of halogens is 5. The fourth-order valence-corrected chi connectivity index (χ4v) is 3.98. The monoisotopic (exact) mass is 552 g/mol. The minimum absolute atomic E-state index is 0.0534. The highest BCUT2D eigenvalue weighted by molar-refractivity contribution is 5.96. The number of imidazole rings is 1. The summed E-state index contributed by atoms with van der Waals surface area (Å²) >= 11 is 0. The van der Waals surface area contributed by atoms with Crippen molar-refractivity contribution in [3.8, 4) is 11.3 Å². The first-order chi connectivity index (χ1) is 18.6. The number of nitrogens with one attached hydrogen (secondary N) is 2. The smallest absolute Gasteiger partial charge is 0.378 e. The molecule has 4 N–H and O–H groups in total. The molecule has 0 aliphatic carbocycles. The number of anilines is 2. The molecule has 0 unspecified atom stereocenters. The number of nitrogens with zero attached hydrogens (tertiary/aromatic N) is 5. The average molecular weight is 553 g/mol. The molecular weight excluding hydrogens is 527 g/mol. The normalized spacial score (nSPS) is 11.8. The Bertz CT molecular complexity index is 1440. The predicted octanol–water partition coefficient (Wildman–Crippen LogP) is 3.48. The van der Waals surface area contributed by atoms with E-state index in [0.29, 0.717) is 18.7 Å². The molecule has 1 aromatic carbocycles. The van der Waals surface area contributed by atoms with Gasteiger partial charge in [0.15, 0.2) is 17.2 Å². The molecule has 15 heteroatoms. The first-order valence-corrected chi connectivity index (χ1v) is 11.8. The molecule has 0 aliphatic rings. The molecule has 0 spiro atoms. The molecule has 0 bridgehead atoms. The van der Waals surface area contributed by atoms with Crippen LogP contribution in [0.5, 0.6) is 0 Å². The Labute approximate surface area is 219 Å². The van der Waals surface area contributed by atoms with Crippen LogP contribution in [0.4, 0.5) is 33.5 Å². The Hall–Kier alpha value is -4.11. The highest BCUT2D eigenvalue weighted by Gasteiger charge is 2.38. The summed E-state index contributed by atoms with van der Waals surface area (Å²) in [5.74, 6) is -1.27. The van der Waals surface area contributed by atoms with Crippen LogP contribution in [0, 0.1) is 12.7 Å². The molecule has 39 heavy (non-hydrogen) atoms. The SMILES string of the molecule is Cc1cc(Nc2nccn3c(-c4cn(CCF)nc4C(F)(F)F)cnc23)cc(F)c1C(=O)NCCOCCN. The minimum atomic E-state index is -4.78. The first kappa shape index (κ1) is 27.9. The van der Waals surface area contributed by atoms with Gasteiger partial charge >= 0.3 is 6.18 Å². The third-order valence-electron chi connectivity index (χ3n) is 5.62. The van der Waals surface area contributed by atoms with Crippen molar-refractivity contribution < 1.29 is 31.5 Å². The zero-order chi connectivity index (χ0) is 28.2. The van der Waals surface area contributed by atoms with E-state index in [2.05, 4.69) is 25.7 Å². The van der Waals surface area contributed by atoms with Crippen LogP contribution in [0.15, 0.2) is 36.9 Å². The van der Waals surface area contributed by atoms with E-state index in [-0.39, 0.29) is 53.7 Å². The fourth-order valence-electron chi connectivity index (χ4n) is 3.98. The Morgan fingerprint density at radius 2 is 2.00 bits per heavy atom. The lowest BCUT2D eigenvalue weighted by molar-refractivity contribution is -0.141. The molecule has 0 saturated carbocycles. The Morgan fingerprint density at radius 3 is 2.69 bits per heavy atom. The number of carbonyl (C=O) groups excluding carboxylic acids is 1. The number of fused-ring (bicyclic) bond motifs is 1. The molecular formula is C24H25F5N8O2. The topological polar surface area (TPSA) is 124 Å². The highest BCUT2D eigenvalue weighted by Crippen LogP contribution is 2.37. The third kappa shape index (κ3) is 6.15. The average Bonchev–Trinajstić information content (AvgIpc) is 3.48. The second kappa shape index (κ2) is 11.7. The second-order valence-corrected chi connectivity index (χ2v) is 8.39. The lowest BCUT2D eigenvalue weighted by Gasteiger charge is -2.13. The zero-order valence-electron chi connectivity index (χ0n) is 20.7. The van der Waals surface area contributed by atoms with Gasteiger partial charge in [0.25, 0.3) is 5.91 Å². The maximum atomic E-state index is 14.9. The van der Waals surface area contributed by atoms with E-state index in [1.165, 1.54) is 29.1 Å². The van der Waals surface area contributed by atoms with Crippen LogP contribution in [0.2, 0.25) is 0 Å². The minimum Gasteiger partial charge on any atom is -0.378 e. The van der Waals surface area contributed by atoms with Crippen molar-refractivity contribution in [2.45, 2.75) is 19.6 Å². The summed E-state index contributed by atoms with van der Waals surface area (Å²) in [6.07, 6.45) is 0.274. The molecule has 4 aromatic rings. The number of rotatable bonds is 11. The van der Waals surface area contributed by atoms with Gasteiger partial charge in [-0.3, -0.25) is 13.9 Å². The van der Waals surface area contributed by atoms with Crippen molar-refractivity contribution in [2.24, 2.45) is 5.73 Å². The van der Waals surface area contributed by atoms with Crippen molar-refractivity contribution in [1.29, 1.82) is 0 Å². The number of aromatic nitrogens is 5. The van der Waals surface area contributed by atoms with Gasteiger partial charge in [0, 0.05) is 37.4 Å². The molecule has 0 aliphatic heterocycles. The first-order valence-electron chi connectivity index (χ1n) is 11.8. The van der Waals surface area contributed by atoms with Gasteiger partial charge in [-0.25, -0.2) is 18.7 Å². The van der Waals surface area contributed by atoms with E-state index in [4.69, 9.17) is 10.5 Å². The Morgan fingerprint density at radius 1 is 1.21 bits per heavy atom. The van der Waals surface area contributed by atoms with Crippen molar-refractivity contribution in [2.75, 3.05) is 38.3 Å². The fraction of sp³-hybridized carbons (Fsp3) is 0.333. The van der Waals surface area contributed by atoms with Crippen LogP contribution in [0.3, 0.4) is 0 Å². The van der Waals surface area contributed by atoms with Crippen molar-refractivity contribution in [1.82, 2.24) is 29.5 Å². The van der Waals surface area contributed by atoms with E-state index >= 15 is 0 Å². The van der Waals surface area contributed by atoms with Crippen molar-refractivity contribution >= 4 is 23.1 Å². The maximum Gasteiger partial charge on any atom is 0.435 e. The predicted molar refractivity (Wildman–Crippen MR) is 132 cm³/mol. The van der Waals surface area contributed by atoms with Crippen LogP contribution in [-0.2, 0) is 17.5 Å². The lowest BCUT2D eigenvalue weighted by atomic mass is 10.1. The maximum absolute atomic E-state index is 14.9. The summed E-state index contributed by atoms with van der Waals surface area (Å²) in [4.78, 5) is 20.8. The highest BCUT2D eigenvalue weighted by atomic mass is 19.4. The second-order valence-electron chi connectivity index (χ2n) is 8.39. The summed E-state index contributed by atoms with van der Waals surface area (Å²) in [6.45, 7) is 1.43. The van der Waals surface area contributed by atoms with Gasteiger partial charge in [0.1, 0.15) is 12.5 Å². The Kier molecular flexibility index (Phi) is 8.40. The molecule has 3 heterocycles. The van der Waals surface area contributed by atoms with Crippen molar-refractivity contribution in [3.05, 3.63) is 59.6 Å². The number of benzene rings is 1. The summed E-state index contributed by atoms with van der Waals surface area (Å²) in [5, 5.41) is 8.97. The number of ether oxygens (including phenoxy) is 1. The molecule has 1 amide bonds. The van der Waals surface area contributed by atoms with Crippen LogP contribution < -0.4 is 16.4 Å². The molecule has 0 atom stereocenters. The molecule has 208 valence electrons. The summed E-state index contributed by atoms with van der Waals surface area (Å²) in [7, 11) is 0. The number of hydrogen-bond acceptors (Lipinski definition) is 7. The van der Waals surface area contributed by atoms with Crippen molar-refractivity contribution in [3.63, 3.8) is 0 Å². The van der Waals surface area contributed by atoms with E-state index in [0.717, 1.165) is 16.9 Å². The quantitative estimate of drug-likeness (QED) is 0.192. The van der Waals surface area contributed by atoms with Gasteiger partial charge in [-0.1, -0.05) is 0 Å². The largest absolute Gasteiger partial charge is 0.435 e. The van der Waals surface area contributed by atoms with E-state index < -0.39 is 30.3 Å². The molecule has 0 saturated heterocycles. The number of hydrogen-bond donors (Lipinski definition) is 3. The van der Waals surface area contributed by atoms with Gasteiger partial charge in [-0.15, -0.1) is 0 Å². The van der Waals surface area contributed by atoms with Crippen LogP contribution >= 0.6 is 0 Å². The van der Waals surface area contributed by atoms with Gasteiger partial charge < -0.3 is 21.1 Å². The summed E-state index contributed by atoms with van der Waals surface area (Å²) in [5.41, 5.74) is 4.50. The van der Waals surface area contributed by atoms with E-state index in [1.54, 1.807) is 6.92 Å². The van der Waals surface area contributed by atoms with E-state index in [9.17, 15) is 26.7 Å². The standard InChI is InChI=1S/C24H25F5N8O2/c1-14-10-15(11-17(26)19(14)23(38)32-5-9-39-8-3-30)34-21-22-33-12-18(37(22)7-4-31-21)16-13-36(6-2-25)35-20(16)24(27,28)29/h4,7,10-13H,2-3,5-6,8-9,30H2,1H3,(H,31,34)(H,32,38). The van der Waals surface area contributed by atoms with Gasteiger partial charge in [0.2, 0.25) is 0 Å². The molecule has 4 rings (SSSR count). The Balaban J connectivity index is 1.61. The van der Waals surface area contributed by atoms with Crippen LogP contribution in [0.1, 0.15) is 21.6 Å². The summed E-state index contributed by atoms with van der Waals surface area (Å²) in [6, 6.07) is 2.63. The van der Waals surface area contributed by atoms with Crippen LogP contribution in [0.25, 0.3) is 16.9 Å². The molecule has 10 nitrogen and oxygen atoms in total. The number of alkyl halides is 4. The lowest BCUT2D eigenvalue weighted by Crippen LogP contribution is -2.29. The van der Waals surface area contributed by atoms with Crippen LogP contribution in [-0.4, -0.2) is 63.0 Å². The molecule has 0 radical (unpaired) electrons. The van der Waals surface area contributed by atoms with Gasteiger partial charge in [-0.05, 0) is 24.6 Å². The number of nitrogens with two attached hydrogens (primary N) is 1. The molecule has 0 fully saturated rings. The number of aryl methyl sites for hydroxylation is 2. The zero-order valence-corrected chi connectivity index (χ0v) is 20.7. The van der Waals surface area contributed by atoms with E-state index in [1.807, 2.05) is 0 Å².